The molecule has 0 aliphatic carbocycles. The van der Waals surface area contributed by atoms with Gasteiger partial charge >= 0.3 is 6.09 Å². The first kappa shape index (κ1) is 20.0. The highest BCUT2D eigenvalue weighted by atomic mass is 16.6. The maximum absolute atomic E-state index is 12.1. The molecule has 2 aromatic heterocycles. The highest BCUT2D eigenvalue weighted by Gasteiger charge is 2.29. The fraction of sp³-hybridized carbons (Fsp3) is 0.524. The molecule has 3 heterocycles. The molecule has 2 atom stereocenters. The first-order valence-corrected chi connectivity index (χ1v) is 9.73. The number of amides is 1. The van der Waals surface area contributed by atoms with Crippen LogP contribution in [0.2, 0.25) is 0 Å². The van der Waals surface area contributed by atoms with E-state index < -0.39 is 5.60 Å². The number of nitrogens with one attached hydrogen (secondary N) is 1. The Morgan fingerprint density at radius 1 is 1.32 bits per heavy atom. The Morgan fingerprint density at radius 3 is 2.75 bits per heavy atom. The molecular weight excluding hydrogens is 354 g/mol. The number of ether oxygens (including phenoxy) is 1. The number of pyridine rings is 1. The van der Waals surface area contributed by atoms with Crippen molar-refractivity contribution in [2.45, 2.75) is 65.1 Å². The largest absolute Gasteiger partial charge is 0.444 e. The van der Waals surface area contributed by atoms with Gasteiger partial charge in [0.2, 0.25) is 0 Å². The Morgan fingerprint density at radius 2 is 2.11 bits per heavy atom. The summed E-state index contributed by atoms with van der Waals surface area (Å²) < 4.78 is 5.38. The van der Waals surface area contributed by atoms with Crippen LogP contribution in [0.1, 0.15) is 46.2 Å². The van der Waals surface area contributed by atoms with Gasteiger partial charge in [-0.3, -0.25) is 4.98 Å². The first-order chi connectivity index (χ1) is 13.2. The van der Waals surface area contributed by atoms with Crippen LogP contribution in [0.3, 0.4) is 0 Å². The van der Waals surface area contributed by atoms with Crippen LogP contribution in [0.15, 0.2) is 30.6 Å². The molecule has 0 radical (unpaired) electrons. The Balaban J connectivity index is 1.69. The molecule has 0 aromatic carbocycles. The SMILES string of the molecule is Cc1cc(N2CCC(NC(=O)OC(C)(C)C)CC2C)nc(-c2cccnc2)n1. The van der Waals surface area contributed by atoms with E-state index >= 15 is 0 Å². The topological polar surface area (TPSA) is 80.2 Å². The fourth-order valence-corrected chi connectivity index (χ4v) is 3.44. The van der Waals surface area contributed by atoms with Gasteiger partial charge in [-0.15, -0.1) is 0 Å². The van der Waals surface area contributed by atoms with Gasteiger partial charge in [-0.25, -0.2) is 14.8 Å². The second-order valence-corrected chi connectivity index (χ2v) is 8.34. The summed E-state index contributed by atoms with van der Waals surface area (Å²) in [6.07, 6.45) is 4.85. The Hall–Kier alpha value is -2.70. The van der Waals surface area contributed by atoms with Crippen LogP contribution in [0, 0.1) is 6.92 Å². The smallest absolute Gasteiger partial charge is 0.407 e. The molecule has 0 saturated carbocycles. The van der Waals surface area contributed by atoms with Crippen molar-refractivity contribution in [3.8, 4) is 11.4 Å². The molecule has 0 spiro atoms. The minimum Gasteiger partial charge on any atom is -0.444 e. The predicted molar refractivity (Wildman–Crippen MR) is 109 cm³/mol. The second kappa shape index (κ2) is 8.12. The van der Waals surface area contributed by atoms with Gasteiger partial charge in [-0.2, -0.15) is 0 Å². The van der Waals surface area contributed by atoms with E-state index in [-0.39, 0.29) is 18.2 Å². The van der Waals surface area contributed by atoms with Gasteiger partial charge in [-0.05, 0) is 59.6 Å². The van der Waals surface area contributed by atoms with E-state index in [2.05, 4.69) is 27.1 Å². The third-order valence-corrected chi connectivity index (χ3v) is 4.65. The molecule has 1 aliphatic rings. The first-order valence-electron chi connectivity index (χ1n) is 9.73. The summed E-state index contributed by atoms with van der Waals surface area (Å²) in [5, 5.41) is 3.00. The van der Waals surface area contributed by atoms with Crippen molar-refractivity contribution < 1.29 is 9.53 Å². The van der Waals surface area contributed by atoms with E-state index in [1.54, 1.807) is 12.4 Å². The van der Waals surface area contributed by atoms with E-state index in [9.17, 15) is 4.79 Å². The number of rotatable bonds is 3. The molecule has 7 nitrogen and oxygen atoms in total. The predicted octanol–water partition coefficient (Wildman–Crippen LogP) is 3.73. The summed E-state index contributed by atoms with van der Waals surface area (Å²) in [5.41, 5.74) is 1.34. The number of carbonyl (C=O) groups is 1. The van der Waals surface area contributed by atoms with Gasteiger partial charge in [0.05, 0.1) is 0 Å². The molecule has 28 heavy (non-hydrogen) atoms. The molecular formula is C21H29N5O2. The summed E-state index contributed by atoms with van der Waals surface area (Å²) >= 11 is 0. The van der Waals surface area contributed by atoms with Gasteiger partial charge in [0.1, 0.15) is 11.4 Å². The lowest BCUT2D eigenvalue weighted by molar-refractivity contribution is 0.0494. The number of hydrogen-bond donors (Lipinski definition) is 1. The van der Waals surface area contributed by atoms with Crippen molar-refractivity contribution in [3.05, 3.63) is 36.3 Å². The normalized spacial score (nSPS) is 20.0. The maximum Gasteiger partial charge on any atom is 0.407 e. The number of piperidine rings is 1. The fourth-order valence-electron chi connectivity index (χ4n) is 3.44. The van der Waals surface area contributed by atoms with E-state index in [1.165, 1.54) is 0 Å². The molecule has 1 fully saturated rings. The number of hydrogen-bond acceptors (Lipinski definition) is 6. The van der Waals surface area contributed by atoms with Crippen LogP contribution in [0.4, 0.5) is 10.6 Å². The minimum atomic E-state index is -0.489. The van der Waals surface area contributed by atoms with Crippen LogP contribution in [0.5, 0.6) is 0 Å². The van der Waals surface area contributed by atoms with Gasteiger partial charge in [0.25, 0.3) is 0 Å². The van der Waals surface area contributed by atoms with E-state index in [1.807, 2.05) is 45.9 Å². The lowest BCUT2D eigenvalue weighted by atomic mass is 9.98. The minimum absolute atomic E-state index is 0.0989. The summed E-state index contributed by atoms with van der Waals surface area (Å²) in [5.74, 6) is 1.60. The zero-order valence-electron chi connectivity index (χ0n) is 17.3. The van der Waals surface area contributed by atoms with Crippen LogP contribution in [-0.4, -0.2) is 45.3 Å². The van der Waals surface area contributed by atoms with Crippen molar-refractivity contribution in [3.63, 3.8) is 0 Å². The molecule has 2 unspecified atom stereocenters. The van der Waals surface area contributed by atoms with Crippen LogP contribution < -0.4 is 10.2 Å². The van der Waals surface area contributed by atoms with Gasteiger partial charge in [-0.1, -0.05) is 0 Å². The zero-order valence-corrected chi connectivity index (χ0v) is 17.3. The third-order valence-electron chi connectivity index (χ3n) is 4.65. The third kappa shape index (κ3) is 5.18. The van der Waals surface area contributed by atoms with Crippen molar-refractivity contribution >= 4 is 11.9 Å². The molecule has 0 bridgehead atoms. The monoisotopic (exact) mass is 383 g/mol. The number of nitrogens with zero attached hydrogens (tertiary/aromatic N) is 4. The standard InChI is InChI=1S/C21H29N5O2/c1-14-11-18(25-19(23-14)16-7-6-9-22-13-16)26-10-8-17(12-15(26)2)24-20(27)28-21(3,4)5/h6-7,9,11,13,15,17H,8,10,12H2,1-5H3,(H,24,27). The number of aromatic nitrogens is 3. The van der Waals surface area contributed by atoms with Crippen molar-refractivity contribution in [1.82, 2.24) is 20.3 Å². The average molecular weight is 383 g/mol. The summed E-state index contributed by atoms with van der Waals surface area (Å²) in [4.78, 5) is 27.8. The molecule has 1 aliphatic heterocycles. The number of carbonyl (C=O) groups excluding carboxylic acids is 1. The van der Waals surface area contributed by atoms with Gasteiger partial charge in [0, 0.05) is 48.3 Å². The van der Waals surface area contributed by atoms with Crippen LogP contribution >= 0.6 is 0 Å². The lowest BCUT2D eigenvalue weighted by Gasteiger charge is -2.39. The van der Waals surface area contributed by atoms with Crippen molar-refractivity contribution in [2.75, 3.05) is 11.4 Å². The Labute approximate surface area is 166 Å². The maximum atomic E-state index is 12.1. The van der Waals surface area contributed by atoms with Crippen molar-refractivity contribution in [1.29, 1.82) is 0 Å². The Bertz CT molecular complexity index is 819. The van der Waals surface area contributed by atoms with E-state index in [0.29, 0.717) is 5.82 Å². The molecule has 1 amide bonds. The van der Waals surface area contributed by atoms with Crippen molar-refractivity contribution in [2.24, 2.45) is 0 Å². The lowest BCUT2D eigenvalue weighted by Crippen LogP contribution is -2.50. The molecule has 150 valence electrons. The molecule has 7 heteroatoms. The summed E-state index contributed by atoms with van der Waals surface area (Å²) in [6.45, 7) is 10.6. The van der Waals surface area contributed by atoms with Gasteiger partial charge in [0.15, 0.2) is 5.82 Å². The highest BCUT2D eigenvalue weighted by Crippen LogP contribution is 2.26. The average Bonchev–Trinajstić information content (AvgIpc) is 2.60. The number of alkyl carbamates (subject to hydrolysis) is 1. The number of anilines is 1. The molecule has 1 saturated heterocycles. The zero-order chi connectivity index (χ0) is 20.3. The van der Waals surface area contributed by atoms with Crippen LogP contribution in [0.25, 0.3) is 11.4 Å². The highest BCUT2D eigenvalue weighted by molar-refractivity contribution is 5.68. The second-order valence-electron chi connectivity index (χ2n) is 8.34. The van der Waals surface area contributed by atoms with E-state index in [0.717, 1.165) is 36.5 Å². The van der Waals surface area contributed by atoms with Gasteiger partial charge < -0.3 is 15.0 Å². The molecule has 2 aromatic rings. The molecule has 1 N–H and O–H groups in total. The quantitative estimate of drug-likeness (QED) is 0.870. The summed E-state index contributed by atoms with van der Waals surface area (Å²) in [7, 11) is 0. The Kier molecular flexibility index (Phi) is 5.82. The number of aryl methyl sites for hydroxylation is 1. The van der Waals surface area contributed by atoms with E-state index in [4.69, 9.17) is 9.72 Å². The summed E-state index contributed by atoms with van der Waals surface area (Å²) in [6, 6.07) is 6.20. The molecule has 3 rings (SSSR count). The van der Waals surface area contributed by atoms with Crippen LogP contribution in [-0.2, 0) is 4.74 Å².